The van der Waals surface area contributed by atoms with E-state index in [2.05, 4.69) is 34.9 Å². The Morgan fingerprint density at radius 3 is 2.11 bits per heavy atom. The van der Waals surface area contributed by atoms with Crippen LogP contribution < -0.4 is 16.4 Å². The van der Waals surface area contributed by atoms with Crippen LogP contribution in [0.1, 0.15) is 29.5 Å². The number of nitrogens with one attached hydrogen (secondary N) is 2. The highest BCUT2D eigenvalue weighted by Crippen LogP contribution is 2.44. The van der Waals surface area contributed by atoms with Crippen LogP contribution >= 0.6 is 0 Å². The van der Waals surface area contributed by atoms with E-state index in [1.54, 1.807) is 31.2 Å². The second kappa shape index (κ2) is 11.5. The number of amides is 2. The molecule has 3 aromatic carbocycles. The van der Waals surface area contributed by atoms with Crippen LogP contribution in [-0.2, 0) is 25.5 Å². The zero-order valence-corrected chi connectivity index (χ0v) is 20.0. The molecule has 0 saturated heterocycles. The van der Waals surface area contributed by atoms with Crippen LogP contribution in [0, 0.1) is 0 Å². The van der Waals surface area contributed by atoms with Gasteiger partial charge < -0.3 is 20.5 Å². The molecule has 1 atom stereocenters. The molecule has 0 aliphatic heterocycles. The molecule has 1 aliphatic rings. The summed E-state index contributed by atoms with van der Waals surface area (Å²) in [4.78, 5) is 35.9. The molecule has 0 heterocycles. The van der Waals surface area contributed by atoms with Crippen molar-refractivity contribution in [2.24, 2.45) is 5.73 Å². The normalized spacial score (nSPS) is 12.7. The summed E-state index contributed by atoms with van der Waals surface area (Å²) in [5, 5.41) is 5.20. The highest BCUT2D eigenvalue weighted by atomic mass is 16.5. The molecule has 186 valence electrons. The van der Waals surface area contributed by atoms with Crippen molar-refractivity contribution < 1.29 is 23.9 Å². The minimum atomic E-state index is -0.819. The molecule has 3 aromatic rings. The molecule has 36 heavy (non-hydrogen) atoms. The van der Waals surface area contributed by atoms with Gasteiger partial charge in [-0.2, -0.15) is 0 Å². The molecule has 0 bridgehead atoms. The van der Waals surface area contributed by atoms with Crippen LogP contribution in [0.3, 0.4) is 0 Å². The Balaban J connectivity index is 1.28. The van der Waals surface area contributed by atoms with Gasteiger partial charge in [-0.1, -0.05) is 60.7 Å². The standard InChI is InChI=1S/C28H29N3O5/c1-2-35-26(32)16-30-27(33)25(29)15-18-11-13-19(14-12-18)31-28(34)36-17-24-22-9-5-3-7-20(22)21-8-4-6-10-23(21)24/h3-14,24-25H,2,15-17,29H2,1H3,(H,30,33)(H,31,34)/t25-/m0/s1. The molecule has 0 saturated carbocycles. The first-order valence-corrected chi connectivity index (χ1v) is 11.9. The van der Waals surface area contributed by atoms with Gasteiger partial charge in [0.2, 0.25) is 5.91 Å². The van der Waals surface area contributed by atoms with Gasteiger partial charge in [-0.3, -0.25) is 14.9 Å². The fraction of sp³-hybridized carbons (Fsp3) is 0.250. The molecule has 4 rings (SSSR count). The second-order valence-corrected chi connectivity index (χ2v) is 8.48. The number of carbonyl (C=O) groups is 3. The zero-order chi connectivity index (χ0) is 25.5. The van der Waals surface area contributed by atoms with Gasteiger partial charge in [0.15, 0.2) is 0 Å². The van der Waals surface area contributed by atoms with Gasteiger partial charge in [0.1, 0.15) is 13.2 Å². The van der Waals surface area contributed by atoms with Crippen molar-refractivity contribution in [3.8, 4) is 11.1 Å². The van der Waals surface area contributed by atoms with Gasteiger partial charge in [-0.05, 0) is 53.3 Å². The van der Waals surface area contributed by atoms with Crippen LogP contribution in [0.15, 0.2) is 72.8 Å². The highest BCUT2D eigenvalue weighted by molar-refractivity contribution is 5.86. The monoisotopic (exact) mass is 487 g/mol. The van der Waals surface area contributed by atoms with Crippen LogP contribution in [-0.4, -0.2) is 43.8 Å². The lowest BCUT2D eigenvalue weighted by molar-refractivity contribution is -0.143. The Hall–Kier alpha value is -4.17. The number of anilines is 1. The summed E-state index contributed by atoms with van der Waals surface area (Å²) < 4.78 is 10.3. The number of carbonyl (C=O) groups excluding carboxylic acids is 3. The van der Waals surface area contributed by atoms with Crippen molar-refractivity contribution in [3.05, 3.63) is 89.5 Å². The first kappa shape index (κ1) is 24.9. The maximum absolute atomic E-state index is 12.5. The Labute approximate surface area is 209 Å². The van der Waals surface area contributed by atoms with Gasteiger partial charge >= 0.3 is 12.1 Å². The summed E-state index contributed by atoms with van der Waals surface area (Å²) in [6.45, 7) is 1.95. The Morgan fingerprint density at radius 2 is 1.50 bits per heavy atom. The number of fused-ring (bicyclic) bond motifs is 3. The third-order valence-corrected chi connectivity index (χ3v) is 6.05. The predicted molar refractivity (Wildman–Crippen MR) is 136 cm³/mol. The number of rotatable bonds is 9. The Morgan fingerprint density at radius 1 is 0.889 bits per heavy atom. The molecule has 0 aromatic heterocycles. The van der Waals surface area contributed by atoms with E-state index in [1.165, 1.54) is 11.1 Å². The molecule has 0 spiro atoms. The van der Waals surface area contributed by atoms with Gasteiger partial charge in [-0.15, -0.1) is 0 Å². The minimum Gasteiger partial charge on any atom is -0.465 e. The molecule has 4 N–H and O–H groups in total. The Kier molecular flexibility index (Phi) is 7.97. The zero-order valence-electron chi connectivity index (χ0n) is 20.0. The molecular weight excluding hydrogens is 458 g/mol. The fourth-order valence-corrected chi connectivity index (χ4v) is 4.33. The van der Waals surface area contributed by atoms with Crippen molar-refractivity contribution >= 4 is 23.7 Å². The molecule has 0 radical (unpaired) electrons. The number of esters is 1. The average molecular weight is 488 g/mol. The van der Waals surface area contributed by atoms with Crippen molar-refractivity contribution in [3.63, 3.8) is 0 Å². The van der Waals surface area contributed by atoms with Crippen molar-refractivity contribution in [2.45, 2.75) is 25.3 Å². The molecule has 2 amide bonds. The van der Waals surface area contributed by atoms with Crippen LogP contribution in [0.25, 0.3) is 11.1 Å². The summed E-state index contributed by atoms with van der Waals surface area (Å²) in [5.74, 6) is -0.965. The summed E-state index contributed by atoms with van der Waals surface area (Å²) in [6, 6.07) is 22.5. The highest BCUT2D eigenvalue weighted by Gasteiger charge is 2.29. The largest absolute Gasteiger partial charge is 0.465 e. The minimum absolute atomic E-state index is 0.0120. The van der Waals surface area contributed by atoms with Gasteiger partial charge in [0, 0.05) is 11.6 Å². The Bertz CT molecular complexity index is 1200. The SMILES string of the molecule is CCOC(=O)CNC(=O)[C@@H](N)Cc1ccc(NC(=O)OCC2c3ccccc3-c3ccccc32)cc1. The number of ether oxygens (including phenoxy) is 2. The number of benzene rings is 3. The summed E-state index contributed by atoms with van der Waals surface area (Å²) >= 11 is 0. The lowest BCUT2D eigenvalue weighted by Crippen LogP contribution is -2.44. The topological polar surface area (TPSA) is 120 Å². The van der Waals surface area contributed by atoms with E-state index in [9.17, 15) is 14.4 Å². The first-order valence-electron chi connectivity index (χ1n) is 11.9. The van der Waals surface area contributed by atoms with Crippen molar-refractivity contribution in [1.82, 2.24) is 5.32 Å². The first-order chi connectivity index (χ1) is 17.5. The second-order valence-electron chi connectivity index (χ2n) is 8.48. The van der Waals surface area contributed by atoms with E-state index in [0.29, 0.717) is 5.69 Å². The number of nitrogens with two attached hydrogens (primary N) is 1. The molecule has 8 nitrogen and oxygen atoms in total. The molecule has 0 unspecified atom stereocenters. The van der Waals surface area contributed by atoms with E-state index < -0.39 is 24.0 Å². The predicted octanol–water partition coefficient (Wildman–Crippen LogP) is 3.60. The third-order valence-electron chi connectivity index (χ3n) is 6.05. The van der Waals surface area contributed by atoms with Crippen molar-refractivity contribution in [2.75, 3.05) is 25.1 Å². The van der Waals surface area contributed by atoms with Crippen molar-refractivity contribution in [1.29, 1.82) is 0 Å². The average Bonchev–Trinajstić information content (AvgIpc) is 3.21. The van der Waals surface area contributed by atoms with E-state index >= 15 is 0 Å². The van der Waals surface area contributed by atoms with Crippen LogP contribution in [0.4, 0.5) is 10.5 Å². The molecule has 0 fully saturated rings. The van der Waals surface area contributed by atoms with E-state index in [4.69, 9.17) is 15.2 Å². The van der Waals surface area contributed by atoms with Gasteiger partial charge in [0.25, 0.3) is 0 Å². The van der Waals surface area contributed by atoms with E-state index in [0.717, 1.165) is 16.7 Å². The van der Waals surface area contributed by atoms with Gasteiger partial charge in [0.05, 0.1) is 12.6 Å². The summed E-state index contributed by atoms with van der Waals surface area (Å²) in [6.07, 6.45) is -0.264. The fourth-order valence-electron chi connectivity index (χ4n) is 4.33. The lowest BCUT2D eigenvalue weighted by Gasteiger charge is -2.15. The van der Waals surface area contributed by atoms with Gasteiger partial charge in [-0.25, -0.2) is 4.79 Å². The molecular formula is C28H29N3O5. The quantitative estimate of drug-likeness (QED) is 0.397. The number of hydrogen-bond donors (Lipinski definition) is 3. The lowest BCUT2D eigenvalue weighted by atomic mass is 9.98. The summed E-state index contributed by atoms with van der Waals surface area (Å²) in [5.41, 5.74) is 12.0. The maximum Gasteiger partial charge on any atom is 0.411 e. The van der Waals surface area contributed by atoms with E-state index in [1.807, 2.05) is 24.3 Å². The smallest absolute Gasteiger partial charge is 0.411 e. The summed E-state index contributed by atoms with van der Waals surface area (Å²) in [7, 11) is 0. The number of hydrogen-bond acceptors (Lipinski definition) is 6. The maximum atomic E-state index is 12.5. The van der Waals surface area contributed by atoms with Crippen LogP contribution in [0.5, 0.6) is 0 Å². The molecule has 1 aliphatic carbocycles. The third kappa shape index (κ3) is 5.90. The van der Waals surface area contributed by atoms with Crippen LogP contribution in [0.2, 0.25) is 0 Å². The molecule has 8 heteroatoms. The van der Waals surface area contributed by atoms with E-state index in [-0.39, 0.29) is 32.1 Å².